The van der Waals surface area contributed by atoms with E-state index >= 15 is 0 Å². The normalized spacial score (nSPS) is 16.9. The van der Waals surface area contributed by atoms with E-state index < -0.39 is 42.0 Å². The Morgan fingerprint density at radius 1 is 1.42 bits per heavy atom. The predicted octanol–water partition coefficient (Wildman–Crippen LogP) is -3.54. The number of hydrogen-bond acceptors (Lipinski definition) is 8. The van der Waals surface area contributed by atoms with E-state index in [1.54, 1.807) is 5.32 Å². The Labute approximate surface area is 107 Å². The molecular weight excluding hydrogens is 266 g/mol. The Morgan fingerprint density at radius 2 is 1.95 bits per heavy atom. The fourth-order valence-corrected chi connectivity index (χ4v) is 1.06. The highest BCUT2D eigenvalue weighted by molar-refractivity contribution is 5.77. The minimum atomic E-state index is -1.94. The summed E-state index contributed by atoms with van der Waals surface area (Å²) in [5.41, 5.74) is 0. The summed E-state index contributed by atoms with van der Waals surface area (Å²) in [7, 11) is 0.808. The first-order valence-corrected chi connectivity index (χ1v) is 5.05. The molecule has 5 N–H and O–H groups in total. The molecule has 0 saturated heterocycles. The van der Waals surface area contributed by atoms with E-state index in [0.717, 1.165) is 7.05 Å². The highest BCUT2D eigenvalue weighted by atomic mass is 16.7. The van der Waals surface area contributed by atoms with Crippen molar-refractivity contribution in [2.75, 3.05) is 13.7 Å². The molecule has 0 unspecified atom stereocenters. The number of carbonyl (C=O) groups is 2. The van der Waals surface area contributed by atoms with Crippen molar-refractivity contribution in [1.29, 1.82) is 0 Å². The first kappa shape index (κ1) is 17.2. The maximum atomic E-state index is 11.2. The lowest BCUT2D eigenvalue weighted by Gasteiger charge is -2.26. The van der Waals surface area contributed by atoms with Crippen molar-refractivity contribution in [3.05, 3.63) is 10.1 Å². The van der Waals surface area contributed by atoms with Gasteiger partial charge in [0.2, 0.25) is 0 Å². The molecule has 4 atom stereocenters. The minimum Gasteiger partial charge on any atom is -0.394 e. The average Bonchev–Trinajstić information content (AvgIpc) is 2.40. The number of amides is 2. The van der Waals surface area contributed by atoms with Crippen molar-refractivity contribution in [3.63, 3.8) is 0 Å². The highest BCUT2D eigenvalue weighted by Crippen LogP contribution is 2.04. The quantitative estimate of drug-likeness (QED) is 0.181. The molecule has 0 bridgehead atoms. The number of aliphatic hydroxyl groups excluding tert-OH is 4. The fourth-order valence-electron chi connectivity index (χ4n) is 1.06. The Bertz CT molecular complexity index is 338. The number of hydrogen-bond donors (Lipinski definition) is 5. The molecule has 0 fully saturated rings. The molecule has 0 heterocycles. The Hall–Kier alpha value is -1.82. The second kappa shape index (κ2) is 7.58. The van der Waals surface area contributed by atoms with Gasteiger partial charge in [0.05, 0.1) is 13.7 Å². The van der Waals surface area contributed by atoms with Crippen LogP contribution in [-0.4, -0.2) is 80.8 Å². The number of rotatable bonds is 7. The van der Waals surface area contributed by atoms with Crippen LogP contribution in [0.25, 0.3) is 0 Å². The lowest BCUT2D eigenvalue weighted by molar-refractivity contribution is -0.625. The van der Waals surface area contributed by atoms with Crippen molar-refractivity contribution in [2.24, 2.45) is 0 Å². The Morgan fingerprint density at radius 3 is 2.32 bits per heavy atom. The van der Waals surface area contributed by atoms with Crippen molar-refractivity contribution in [1.82, 2.24) is 10.3 Å². The van der Waals surface area contributed by atoms with E-state index in [1.807, 2.05) is 0 Å². The van der Waals surface area contributed by atoms with Gasteiger partial charge in [-0.3, -0.25) is 0 Å². The maximum Gasteiger partial charge on any atom is 0.375 e. The largest absolute Gasteiger partial charge is 0.394 e. The van der Waals surface area contributed by atoms with Crippen LogP contribution in [0.2, 0.25) is 0 Å². The molecule has 11 heteroatoms. The van der Waals surface area contributed by atoms with E-state index in [0.29, 0.717) is 0 Å². The van der Waals surface area contributed by atoms with Gasteiger partial charge in [-0.2, -0.15) is 0 Å². The zero-order chi connectivity index (χ0) is 15.2. The van der Waals surface area contributed by atoms with Gasteiger partial charge in [-0.15, -0.1) is 0 Å². The fraction of sp³-hybridized carbons (Fsp3) is 0.750. The van der Waals surface area contributed by atoms with E-state index in [-0.39, 0.29) is 11.3 Å². The number of aldehydes is 1. The maximum absolute atomic E-state index is 11.2. The Kier molecular flexibility index (Phi) is 6.85. The Balaban J connectivity index is 4.70. The van der Waals surface area contributed by atoms with E-state index in [4.69, 9.17) is 10.2 Å². The smallest absolute Gasteiger partial charge is 0.375 e. The van der Waals surface area contributed by atoms with E-state index in [2.05, 4.69) is 0 Å². The van der Waals surface area contributed by atoms with E-state index in [1.165, 1.54) is 0 Å². The summed E-state index contributed by atoms with van der Waals surface area (Å²) >= 11 is 0. The van der Waals surface area contributed by atoms with Crippen LogP contribution in [0.4, 0.5) is 4.79 Å². The molecule has 0 rings (SSSR count). The summed E-state index contributed by atoms with van der Waals surface area (Å²) in [4.78, 5) is 32.2. The van der Waals surface area contributed by atoms with Crippen LogP contribution in [0.5, 0.6) is 0 Å². The van der Waals surface area contributed by atoms with Gasteiger partial charge in [-0.25, -0.2) is 14.9 Å². The number of nitrogens with zero attached hydrogens (tertiary/aromatic N) is 2. The molecule has 110 valence electrons. The first-order chi connectivity index (χ1) is 8.76. The predicted molar refractivity (Wildman–Crippen MR) is 58.2 cm³/mol. The van der Waals surface area contributed by atoms with Crippen molar-refractivity contribution >= 4 is 12.3 Å². The molecule has 0 saturated carbocycles. The van der Waals surface area contributed by atoms with Gasteiger partial charge >= 0.3 is 6.03 Å². The standard InChI is InChI=1S/C8H15N3O8/c1-10(11(18)19)8(17)9-4(2-12)6(15)7(16)5(14)3-13/h2,4-7,13-16H,3H2,1H3,(H,9,17)/t4-,5+,6+,7+/m0/s1. The van der Waals surface area contributed by atoms with Gasteiger partial charge in [0.1, 0.15) is 30.6 Å². The number of urea groups is 1. The van der Waals surface area contributed by atoms with Crippen LogP contribution < -0.4 is 5.32 Å². The molecule has 0 aromatic rings. The van der Waals surface area contributed by atoms with Gasteiger partial charge in [0.15, 0.2) is 5.03 Å². The molecule has 2 amide bonds. The number of aliphatic hydroxyl groups is 4. The lowest BCUT2D eigenvalue weighted by Crippen LogP contribution is -2.56. The molecule has 0 aliphatic rings. The summed E-state index contributed by atoms with van der Waals surface area (Å²) in [6.07, 6.45) is -5.56. The molecule has 0 aliphatic carbocycles. The molecule has 0 spiro atoms. The van der Waals surface area contributed by atoms with Crippen molar-refractivity contribution < 1.29 is 35.0 Å². The number of hydrazine groups is 1. The minimum absolute atomic E-state index is 0.0259. The molecule has 19 heavy (non-hydrogen) atoms. The molecule has 0 radical (unpaired) electrons. The topological polar surface area (TPSA) is 173 Å². The third-order valence-corrected chi connectivity index (χ3v) is 2.27. The summed E-state index contributed by atoms with van der Waals surface area (Å²) in [5, 5.41) is 47.5. The summed E-state index contributed by atoms with van der Waals surface area (Å²) in [6.45, 7) is -0.882. The zero-order valence-electron chi connectivity index (χ0n) is 9.91. The highest BCUT2D eigenvalue weighted by Gasteiger charge is 2.33. The SMILES string of the molecule is CN(C(=O)N[C@@H](C=O)[C@@H](O)[C@H](O)[C@H](O)CO)[N+](=O)[O-]. The van der Waals surface area contributed by atoms with Crippen LogP contribution in [0, 0.1) is 10.1 Å². The molecule has 11 nitrogen and oxygen atoms in total. The summed E-state index contributed by atoms with van der Waals surface area (Å²) < 4.78 is 0. The molecule has 0 aromatic heterocycles. The summed E-state index contributed by atoms with van der Waals surface area (Å²) in [6, 6.07) is -2.99. The van der Waals surface area contributed by atoms with Gasteiger partial charge in [-0.1, -0.05) is 0 Å². The second-order valence-corrected chi connectivity index (χ2v) is 3.60. The lowest BCUT2D eigenvalue weighted by atomic mass is 10.0. The first-order valence-electron chi connectivity index (χ1n) is 5.05. The van der Waals surface area contributed by atoms with Crippen LogP contribution in [-0.2, 0) is 4.79 Å². The van der Waals surface area contributed by atoms with Crippen LogP contribution in [0.3, 0.4) is 0 Å². The van der Waals surface area contributed by atoms with Crippen LogP contribution in [0.15, 0.2) is 0 Å². The average molecular weight is 281 g/mol. The molecule has 0 aromatic carbocycles. The molecular formula is C8H15N3O8. The number of nitro groups is 1. The third kappa shape index (κ3) is 4.75. The van der Waals surface area contributed by atoms with Crippen molar-refractivity contribution in [2.45, 2.75) is 24.4 Å². The molecule has 0 aliphatic heterocycles. The summed E-state index contributed by atoms with van der Waals surface area (Å²) in [5.74, 6) is 0. The van der Waals surface area contributed by atoms with Gasteiger partial charge in [-0.05, 0) is 5.01 Å². The number of nitrogens with one attached hydrogen (secondary N) is 1. The van der Waals surface area contributed by atoms with E-state index in [9.17, 15) is 29.9 Å². The van der Waals surface area contributed by atoms with Crippen molar-refractivity contribution in [3.8, 4) is 0 Å². The number of carbonyl (C=O) groups excluding carboxylic acids is 2. The zero-order valence-corrected chi connectivity index (χ0v) is 9.91. The van der Waals surface area contributed by atoms with Crippen LogP contribution >= 0.6 is 0 Å². The van der Waals surface area contributed by atoms with Gasteiger partial charge < -0.3 is 30.5 Å². The third-order valence-electron chi connectivity index (χ3n) is 2.27. The second-order valence-electron chi connectivity index (χ2n) is 3.60. The van der Waals surface area contributed by atoms with Gasteiger partial charge in [0.25, 0.3) is 0 Å². The monoisotopic (exact) mass is 281 g/mol. The van der Waals surface area contributed by atoms with Crippen LogP contribution in [0.1, 0.15) is 0 Å². The van der Waals surface area contributed by atoms with Gasteiger partial charge in [0, 0.05) is 0 Å².